The third kappa shape index (κ3) is 5.57. The Kier molecular flexibility index (Phi) is 7.75. The predicted octanol–water partition coefficient (Wildman–Crippen LogP) is 0.684. The SMILES string of the molecule is Nc1nc(Cl)nc2c1ncn2[C@H]1C[C@@H](O)[C@@H](COP(O)(=S)O[C@@H]2C[C@H](n3cnc4c(N)nc(Cl)nc43)O[C@@H]2CO)O1. The van der Waals surface area contributed by atoms with Crippen LogP contribution in [-0.2, 0) is 30.3 Å². The van der Waals surface area contributed by atoms with E-state index in [2.05, 4.69) is 29.9 Å². The van der Waals surface area contributed by atoms with Gasteiger partial charge in [0.25, 0.3) is 0 Å². The molecule has 41 heavy (non-hydrogen) atoms. The molecule has 17 nitrogen and oxygen atoms in total. The number of anilines is 2. The largest absolute Gasteiger partial charge is 0.394 e. The zero-order valence-electron chi connectivity index (χ0n) is 20.8. The first-order chi connectivity index (χ1) is 19.5. The molecule has 220 valence electrons. The number of imidazole rings is 2. The van der Waals surface area contributed by atoms with E-state index in [0.29, 0.717) is 22.3 Å². The number of nitrogens with two attached hydrogens (primary N) is 2. The fraction of sp³-hybridized carbons (Fsp3) is 0.500. The summed E-state index contributed by atoms with van der Waals surface area (Å²) in [7, 11) is 0. The van der Waals surface area contributed by atoms with Crippen LogP contribution < -0.4 is 11.5 Å². The summed E-state index contributed by atoms with van der Waals surface area (Å²) in [6.45, 7) is -4.59. The lowest BCUT2D eigenvalue weighted by Gasteiger charge is -2.24. The van der Waals surface area contributed by atoms with Crippen LogP contribution >= 0.6 is 29.9 Å². The average molecular weight is 649 g/mol. The van der Waals surface area contributed by atoms with E-state index < -0.39 is 50.2 Å². The van der Waals surface area contributed by atoms with Gasteiger partial charge in [0, 0.05) is 12.8 Å². The smallest absolute Gasteiger partial charge is 0.324 e. The zero-order valence-corrected chi connectivity index (χ0v) is 24.0. The van der Waals surface area contributed by atoms with Crippen LogP contribution in [-0.4, -0.2) is 91.8 Å². The van der Waals surface area contributed by atoms with E-state index in [4.69, 9.17) is 65.0 Å². The summed E-state index contributed by atoms with van der Waals surface area (Å²) >= 11 is 17.1. The van der Waals surface area contributed by atoms with E-state index in [1.807, 2.05) is 0 Å². The van der Waals surface area contributed by atoms with Gasteiger partial charge in [0.15, 0.2) is 22.9 Å². The molecule has 2 aliphatic rings. The van der Waals surface area contributed by atoms with Crippen molar-refractivity contribution in [2.24, 2.45) is 0 Å². The highest BCUT2D eigenvalue weighted by atomic mass is 35.5. The molecule has 21 heteroatoms. The minimum atomic E-state index is -3.88. The molecule has 7 N–H and O–H groups in total. The third-order valence-electron chi connectivity index (χ3n) is 6.70. The lowest BCUT2D eigenvalue weighted by molar-refractivity contribution is -0.0507. The van der Waals surface area contributed by atoms with Crippen LogP contribution in [0.1, 0.15) is 25.3 Å². The lowest BCUT2D eigenvalue weighted by Crippen LogP contribution is -2.29. The van der Waals surface area contributed by atoms with Crippen molar-refractivity contribution in [3.8, 4) is 0 Å². The van der Waals surface area contributed by atoms with Crippen molar-refractivity contribution in [1.29, 1.82) is 0 Å². The summed E-state index contributed by atoms with van der Waals surface area (Å²) in [5, 5.41) is 20.4. The van der Waals surface area contributed by atoms with Crippen LogP contribution in [0.2, 0.25) is 10.6 Å². The van der Waals surface area contributed by atoms with Gasteiger partial charge in [-0.2, -0.15) is 19.9 Å². The quantitative estimate of drug-likeness (QED) is 0.130. The second-order valence-electron chi connectivity index (χ2n) is 9.29. The minimum Gasteiger partial charge on any atom is -0.394 e. The van der Waals surface area contributed by atoms with E-state index in [-0.39, 0.29) is 41.7 Å². The maximum atomic E-state index is 10.8. The molecule has 0 spiro atoms. The Bertz CT molecular complexity index is 1660. The summed E-state index contributed by atoms with van der Waals surface area (Å²) in [6.07, 6.45) is -1.67. The van der Waals surface area contributed by atoms with Crippen LogP contribution in [0.3, 0.4) is 0 Å². The molecule has 0 aliphatic carbocycles. The van der Waals surface area contributed by atoms with Crippen molar-refractivity contribution < 1.29 is 33.6 Å². The highest BCUT2D eigenvalue weighted by Gasteiger charge is 2.42. The molecule has 0 saturated carbocycles. The standard InChI is InChI=1S/C20H23Cl2N10O7PS/c21-19-27-15(23)13-17(29-19)31(5-25-13)11-1-7(34)10(38-11)4-36-40(35,41)39-8-2-12(37-9(8)3-33)32-6-26-14-16(24)28-20(22)30-18(14)32/h5-12,33-34H,1-4H2,(H,35,41)(H2,23,27,29)(H2,24,28,30)/t7-,8-,9-,10-,11-,12-,40?/m1/s1. The van der Waals surface area contributed by atoms with Gasteiger partial charge in [0.05, 0.1) is 38.1 Å². The Morgan fingerprint density at radius 3 is 2.05 bits per heavy atom. The monoisotopic (exact) mass is 648 g/mol. The van der Waals surface area contributed by atoms with Gasteiger partial charge in [-0.3, -0.25) is 9.13 Å². The average Bonchev–Trinajstić information content (AvgIpc) is 3.67. The topological polar surface area (TPSA) is 237 Å². The zero-order chi connectivity index (χ0) is 29.1. The highest BCUT2D eigenvalue weighted by Crippen LogP contribution is 2.49. The molecule has 0 amide bonds. The minimum absolute atomic E-state index is 0.0601. The maximum Gasteiger partial charge on any atom is 0.324 e. The number of rotatable bonds is 8. The van der Waals surface area contributed by atoms with Gasteiger partial charge in [-0.1, -0.05) is 0 Å². The van der Waals surface area contributed by atoms with Crippen molar-refractivity contribution in [2.45, 2.75) is 49.7 Å². The molecule has 2 aliphatic heterocycles. The first-order valence-corrected chi connectivity index (χ1v) is 15.4. The molecule has 6 rings (SSSR count). The number of ether oxygens (including phenoxy) is 2. The number of aromatic nitrogens is 8. The first-order valence-electron chi connectivity index (χ1n) is 12.1. The van der Waals surface area contributed by atoms with Crippen molar-refractivity contribution >= 4 is 75.7 Å². The van der Waals surface area contributed by atoms with Gasteiger partial charge >= 0.3 is 6.72 Å². The second kappa shape index (κ2) is 11.1. The van der Waals surface area contributed by atoms with Gasteiger partial charge in [0.2, 0.25) is 10.6 Å². The normalized spacial score (nSPS) is 28.1. The molecular weight excluding hydrogens is 626 g/mol. The van der Waals surface area contributed by atoms with E-state index in [9.17, 15) is 15.1 Å². The Morgan fingerprint density at radius 1 is 0.951 bits per heavy atom. The van der Waals surface area contributed by atoms with Crippen LogP contribution in [0.15, 0.2) is 12.7 Å². The molecule has 4 aromatic rings. The van der Waals surface area contributed by atoms with E-state index >= 15 is 0 Å². The summed E-state index contributed by atoms with van der Waals surface area (Å²) in [5.74, 6) is 0.209. The fourth-order valence-corrected chi connectivity index (χ4v) is 6.61. The summed E-state index contributed by atoms with van der Waals surface area (Å²) in [6, 6.07) is 0. The maximum absolute atomic E-state index is 10.8. The molecule has 2 fully saturated rings. The number of fused-ring (bicyclic) bond motifs is 2. The molecule has 4 aromatic heterocycles. The van der Waals surface area contributed by atoms with Crippen molar-refractivity contribution in [3.63, 3.8) is 0 Å². The first kappa shape index (κ1) is 28.8. The highest BCUT2D eigenvalue weighted by molar-refractivity contribution is 8.07. The van der Waals surface area contributed by atoms with Gasteiger partial charge in [0.1, 0.15) is 35.7 Å². The van der Waals surface area contributed by atoms with Crippen molar-refractivity contribution in [3.05, 3.63) is 23.2 Å². The summed E-state index contributed by atoms with van der Waals surface area (Å²) < 4.78 is 26.2. The molecule has 0 aromatic carbocycles. The summed E-state index contributed by atoms with van der Waals surface area (Å²) in [5.41, 5.74) is 13.1. The van der Waals surface area contributed by atoms with E-state index in [1.165, 1.54) is 12.7 Å². The van der Waals surface area contributed by atoms with Crippen LogP contribution in [0.5, 0.6) is 0 Å². The molecular formula is C20H23Cl2N10O7PS. The van der Waals surface area contributed by atoms with Gasteiger partial charge < -0.3 is 45.1 Å². The van der Waals surface area contributed by atoms with Crippen LogP contribution in [0.25, 0.3) is 22.3 Å². The molecule has 6 heterocycles. The van der Waals surface area contributed by atoms with E-state index in [0.717, 1.165) is 0 Å². The number of hydrogen-bond acceptors (Lipinski definition) is 15. The Balaban J connectivity index is 1.10. The number of aliphatic hydroxyl groups is 2. The Labute approximate surface area is 245 Å². The molecule has 7 atom stereocenters. The van der Waals surface area contributed by atoms with Gasteiger partial charge in [-0.05, 0) is 35.0 Å². The van der Waals surface area contributed by atoms with Gasteiger partial charge in [-0.15, -0.1) is 0 Å². The Morgan fingerprint density at radius 2 is 1.49 bits per heavy atom. The van der Waals surface area contributed by atoms with Crippen molar-refractivity contribution in [2.75, 3.05) is 24.7 Å². The number of aliphatic hydroxyl groups excluding tert-OH is 2. The van der Waals surface area contributed by atoms with Crippen molar-refractivity contribution in [1.82, 2.24) is 39.0 Å². The fourth-order valence-electron chi connectivity index (χ4n) is 4.79. The van der Waals surface area contributed by atoms with E-state index in [1.54, 1.807) is 9.13 Å². The second-order valence-corrected chi connectivity index (χ2v) is 12.8. The summed E-state index contributed by atoms with van der Waals surface area (Å²) in [4.78, 5) is 35.3. The molecule has 0 bridgehead atoms. The molecule has 1 unspecified atom stereocenters. The predicted molar refractivity (Wildman–Crippen MR) is 147 cm³/mol. The third-order valence-corrected chi connectivity index (χ3v) is 8.62. The lowest BCUT2D eigenvalue weighted by atomic mass is 10.2. The number of halogens is 2. The van der Waals surface area contributed by atoms with Crippen LogP contribution in [0, 0.1) is 0 Å². The molecule has 0 radical (unpaired) electrons. The Hall–Kier alpha value is -2.35. The van der Waals surface area contributed by atoms with Gasteiger partial charge in [-0.25, -0.2) is 9.97 Å². The number of hydrogen-bond donors (Lipinski definition) is 5. The number of nitrogens with zero attached hydrogens (tertiary/aromatic N) is 8. The number of nitrogen functional groups attached to an aromatic ring is 2. The molecule has 2 saturated heterocycles. The van der Waals surface area contributed by atoms with Crippen LogP contribution in [0.4, 0.5) is 11.6 Å².